The Kier molecular flexibility index (Phi) is 5.91. The lowest BCUT2D eigenvalue weighted by Crippen LogP contribution is -2.26. The van der Waals surface area contributed by atoms with Crippen LogP contribution in [0.25, 0.3) is 11.0 Å². The fourth-order valence-electron chi connectivity index (χ4n) is 3.18. The van der Waals surface area contributed by atoms with Gasteiger partial charge in [-0.3, -0.25) is 4.79 Å². The number of carbonyl (C=O) groups excluding carboxylic acids is 1. The highest BCUT2D eigenvalue weighted by Crippen LogP contribution is 2.35. The summed E-state index contributed by atoms with van der Waals surface area (Å²) in [5.74, 6) is -0.344. The van der Waals surface area contributed by atoms with Gasteiger partial charge in [-0.1, -0.05) is 17.7 Å². The number of carbonyl (C=O) groups is 1. The Balaban J connectivity index is 1.46. The van der Waals surface area contributed by atoms with Gasteiger partial charge in [0.2, 0.25) is 0 Å². The Morgan fingerprint density at radius 2 is 2.00 bits per heavy atom. The molecule has 11 heteroatoms. The van der Waals surface area contributed by atoms with Gasteiger partial charge in [0.25, 0.3) is 5.91 Å². The topological polar surface area (TPSA) is 72.7 Å². The molecule has 0 aliphatic carbocycles. The van der Waals surface area contributed by atoms with Gasteiger partial charge in [0, 0.05) is 24.5 Å². The van der Waals surface area contributed by atoms with Crippen molar-refractivity contribution in [3.63, 3.8) is 0 Å². The zero-order chi connectivity index (χ0) is 23.0. The molecule has 3 aromatic heterocycles. The number of benzene rings is 1. The molecular weight excluding hydrogens is 463 g/mol. The van der Waals surface area contributed by atoms with Gasteiger partial charge in [0.15, 0.2) is 0 Å². The lowest BCUT2D eigenvalue weighted by Gasteiger charge is -2.11. The minimum absolute atomic E-state index is 0.226. The smallest absolute Gasteiger partial charge is 0.343 e. The average Bonchev–Trinajstić information content (AvgIpc) is 3.35. The fraction of sp³-hybridized carbons (Fsp3) is 0.238. The van der Waals surface area contributed by atoms with Crippen LogP contribution in [0.5, 0.6) is 0 Å². The number of halogens is 4. The standard InChI is InChI=1S/C21H17ClF3N5OS/c1-11(29-20(31)15-7-17-16(8-26-15)28-10-30(17)2)18-9-27-19(32-18)6-12-3-4-14(22)13(5-12)21(23,24)25/h3-5,7-11H,6H2,1-2H3,(H,29,31). The number of hydrogen-bond donors (Lipinski definition) is 1. The number of pyridine rings is 1. The van der Waals surface area contributed by atoms with E-state index < -0.39 is 11.7 Å². The number of amides is 1. The number of alkyl halides is 3. The maximum atomic E-state index is 13.1. The molecule has 0 fully saturated rings. The Morgan fingerprint density at radius 3 is 2.75 bits per heavy atom. The summed E-state index contributed by atoms with van der Waals surface area (Å²) in [5.41, 5.74) is 1.33. The SMILES string of the molecule is CC(NC(=O)c1cc2c(cn1)ncn2C)c1cnc(Cc2ccc(Cl)c(C(F)(F)F)c2)s1. The normalized spacial score (nSPS) is 12.8. The predicted molar refractivity (Wildman–Crippen MR) is 116 cm³/mol. The molecule has 32 heavy (non-hydrogen) atoms. The summed E-state index contributed by atoms with van der Waals surface area (Å²) >= 11 is 7.00. The van der Waals surface area contributed by atoms with Crippen LogP contribution < -0.4 is 5.32 Å². The van der Waals surface area contributed by atoms with E-state index in [1.54, 1.807) is 35.4 Å². The summed E-state index contributed by atoms with van der Waals surface area (Å²) in [6, 6.07) is 5.14. The van der Waals surface area contributed by atoms with E-state index in [1.165, 1.54) is 17.4 Å². The first-order valence-electron chi connectivity index (χ1n) is 9.50. The van der Waals surface area contributed by atoms with E-state index in [4.69, 9.17) is 11.6 Å². The molecule has 1 unspecified atom stereocenters. The lowest BCUT2D eigenvalue weighted by atomic mass is 10.1. The third-order valence-electron chi connectivity index (χ3n) is 4.88. The van der Waals surface area contributed by atoms with Crippen molar-refractivity contribution in [1.82, 2.24) is 24.8 Å². The quantitative estimate of drug-likeness (QED) is 0.428. The monoisotopic (exact) mass is 479 g/mol. The minimum atomic E-state index is -4.52. The van der Waals surface area contributed by atoms with Crippen LogP contribution in [0.3, 0.4) is 0 Å². The molecular formula is C21H17ClF3N5OS. The predicted octanol–water partition coefficient (Wildman–Crippen LogP) is 5.18. The second kappa shape index (κ2) is 8.51. The van der Waals surface area contributed by atoms with Gasteiger partial charge in [0.05, 0.1) is 39.7 Å². The fourth-order valence-corrected chi connectivity index (χ4v) is 4.36. The molecule has 4 aromatic rings. The first-order valence-corrected chi connectivity index (χ1v) is 10.7. The molecule has 4 rings (SSSR count). The van der Waals surface area contributed by atoms with Crippen LogP contribution in [0, 0.1) is 0 Å². The molecule has 0 saturated carbocycles. The van der Waals surface area contributed by atoms with E-state index in [0.717, 1.165) is 16.5 Å². The van der Waals surface area contributed by atoms with Crippen LogP contribution in [-0.2, 0) is 19.6 Å². The number of aryl methyl sites for hydroxylation is 1. The van der Waals surface area contributed by atoms with Crippen LogP contribution in [0.2, 0.25) is 5.02 Å². The van der Waals surface area contributed by atoms with Crippen LogP contribution in [0.15, 0.2) is 43.0 Å². The number of thiazole rings is 1. The van der Waals surface area contributed by atoms with E-state index in [0.29, 0.717) is 16.1 Å². The molecule has 0 bridgehead atoms. The molecule has 1 aromatic carbocycles. The van der Waals surface area contributed by atoms with E-state index in [9.17, 15) is 18.0 Å². The number of imidazole rings is 1. The Bertz CT molecular complexity index is 1300. The molecule has 6 nitrogen and oxygen atoms in total. The second-order valence-corrected chi connectivity index (χ2v) is 8.81. The third kappa shape index (κ3) is 4.61. The molecule has 0 aliphatic rings. The van der Waals surface area contributed by atoms with Crippen molar-refractivity contribution in [2.45, 2.75) is 25.6 Å². The maximum absolute atomic E-state index is 13.1. The zero-order valence-corrected chi connectivity index (χ0v) is 18.5. The van der Waals surface area contributed by atoms with Gasteiger partial charge in [-0.15, -0.1) is 11.3 Å². The van der Waals surface area contributed by atoms with Gasteiger partial charge in [-0.05, 0) is 30.7 Å². The Hall–Kier alpha value is -2.98. The van der Waals surface area contributed by atoms with Gasteiger partial charge < -0.3 is 9.88 Å². The highest BCUT2D eigenvalue weighted by atomic mass is 35.5. The van der Waals surface area contributed by atoms with Crippen LogP contribution in [-0.4, -0.2) is 25.4 Å². The van der Waals surface area contributed by atoms with E-state index in [1.807, 2.05) is 14.0 Å². The summed E-state index contributed by atoms with van der Waals surface area (Å²) in [4.78, 5) is 26.0. The summed E-state index contributed by atoms with van der Waals surface area (Å²) in [6.07, 6.45) is 0.509. The molecule has 0 aliphatic heterocycles. The van der Waals surface area contributed by atoms with Gasteiger partial charge >= 0.3 is 6.18 Å². The first-order chi connectivity index (χ1) is 15.1. The van der Waals surface area contributed by atoms with Crippen LogP contribution in [0.1, 0.15) is 44.5 Å². The van der Waals surface area contributed by atoms with Crippen molar-refractivity contribution in [2.75, 3.05) is 0 Å². The lowest BCUT2D eigenvalue weighted by molar-refractivity contribution is -0.137. The third-order valence-corrected chi connectivity index (χ3v) is 6.39. The molecule has 1 N–H and O–H groups in total. The van der Waals surface area contributed by atoms with Crippen molar-refractivity contribution >= 4 is 39.9 Å². The molecule has 0 radical (unpaired) electrons. The molecule has 1 amide bonds. The van der Waals surface area contributed by atoms with Gasteiger partial charge in [-0.2, -0.15) is 13.2 Å². The van der Waals surface area contributed by atoms with E-state index in [-0.39, 0.29) is 29.1 Å². The van der Waals surface area contributed by atoms with Gasteiger partial charge in [0.1, 0.15) is 11.2 Å². The van der Waals surface area contributed by atoms with Crippen LogP contribution in [0.4, 0.5) is 13.2 Å². The first kappa shape index (κ1) is 22.2. The summed E-state index contributed by atoms with van der Waals surface area (Å²) in [5, 5.41) is 3.17. The number of fused-ring (bicyclic) bond motifs is 1. The largest absolute Gasteiger partial charge is 0.417 e. The molecule has 166 valence electrons. The summed E-state index contributed by atoms with van der Waals surface area (Å²) in [7, 11) is 1.83. The molecule has 3 heterocycles. The highest BCUT2D eigenvalue weighted by molar-refractivity contribution is 7.11. The van der Waals surface area contributed by atoms with Crippen molar-refractivity contribution in [3.05, 3.63) is 74.7 Å². The van der Waals surface area contributed by atoms with E-state index >= 15 is 0 Å². The molecule has 0 saturated heterocycles. The second-order valence-electron chi connectivity index (χ2n) is 7.25. The zero-order valence-electron chi connectivity index (χ0n) is 16.9. The number of nitrogens with zero attached hydrogens (tertiary/aromatic N) is 4. The van der Waals surface area contributed by atoms with E-state index in [2.05, 4.69) is 20.3 Å². The number of hydrogen-bond acceptors (Lipinski definition) is 5. The van der Waals surface area contributed by atoms with Crippen molar-refractivity contribution in [1.29, 1.82) is 0 Å². The average molecular weight is 480 g/mol. The van der Waals surface area contributed by atoms with Crippen molar-refractivity contribution in [2.24, 2.45) is 7.05 Å². The molecule has 1 atom stereocenters. The maximum Gasteiger partial charge on any atom is 0.417 e. The van der Waals surface area contributed by atoms with Crippen molar-refractivity contribution < 1.29 is 18.0 Å². The Morgan fingerprint density at radius 1 is 1.22 bits per heavy atom. The number of rotatable bonds is 5. The molecule has 0 spiro atoms. The van der Waals surface area contributed by atoms with Gasteiger partial charge in [-0.25, -0.2) is 15.0 Å². The number of aromatic nitrogens is 4. The minimum Gasteiger partial charge on any atom is -0.343 e. The van der Waals surface area contributed by atoms with Crippen LogP contribution >= 0.6 is 22.9 Å². The summed E-state index contributed by atoms with van der Waals surface area (Å²) < 4.78 is 41.0. The van der Waals surface area contributed by atoms with Crippen molar-refractivity contribution in [3.8, 4) is 0 Å². The number of nitrogens with one attached hydrogen (secondary N) is 1. The summed E-state index contributed by atoms with van der Waals surface area (Å²) in [6.45, 7) is 1.81. The Labute approximate surface area is 190 Å². The highest BCUT2D eigenvalue weighted by Gasteiger charge is 2.33.